The van der Waals surface area contributed by atoms with Gasteiger partial charge in [-0.15, -0.1) is 0 Å². The second kappa shape index (κ2) is 8.60. The van der Waals surface area contributed by atoms with Gasteiger partial charge in [-0.2, -0.15) is 12.8 Å². The number of ether oxygens (including phenoxy) is 1. The fourth-order valence-corrected chi connectivity index (χ4v) is 4.31. The predicted molar refractivity (Wildman–Crippen MR) is 120 cm³/mol. The van der Waals surface area contributed by atoms with E-state index in [0.717, 1.165) is 0 Å². The number of para-hydroxylation sites is 1. The number of carbonyl (C=O) groups excluding carboxylic acids is 2. The van der Waals surface area contributed by atoms with E-state index in [2.05, 4.69) is 9.71 Å². The molecule has 160 valence electrons. The highest BCUT2D eigenvalue weighted by atomic mass is 32.2. The number of allylic oxidation sites excluding steroid dienone is 2. The Kier molecular flexibility index (Phi) is 5.70. The lowest BCUT2D eigenvalue weighted by Crippen LogP contribution is -2.23. The third kappa shape index (κ3) is 4.08. The summed E-state index contributed by atoms with van der Waals surface area (Å²) >= 11 is 0. The zero-order chi connectivity index (χ0) is 22.7. The molecule has 0 radical (unpaired) electrons. The first-order valence-corrected chi connectivity index (χ1v) is 11.0. The summed E-state index contributed by atoms with van der Waals surface area (Å²) in [6.07, 6.45) is 1.37. The van der Waals surface area contributed by atoms with Crippen LogP contribution in [-0.2, 0) is 14.8 Å². The number of anilines is 1. The lowest BCUT2D eigenvalue weighted by Gasteiger charge is -2.19. The summed E-state index contributed by atoms with van der Waals surface area (Å²) in [6.45, 7) is 0. The fourth-order valence-electron chi connectivity index (χ4n) is 3.30. The van der Waals surface area contributed by atoms with Crippen molar-refractivity contribution in [2.45, 2.75) is 4.90 Å². The lowest BCUT2D eigenvalue weighted by molar-refractivity contribution is 0.0601. The zero-order valence-corrected chi connectivity index (χ0v) is 17.8. The number of esters is 1. The number of ketones is 1. The summed E-state index contributed by atoms with van der Waals surface area (Å²) < 4.78 is 34.5. The topological polar surface area (TPSA) is 102 Å². The van der Waals surface area contributed by atoms with E-state index in [-0.39, 0.29) is 27.7 Å². The Morgan fingerprint density at radius 1 is 0.875 bits per heavy atom. The number of hydrogen-bond acceptors (Lipinski definition) is 6. The highest BCUT2D eigenvalue weighted by molar-refractivity contribution is 7.90. The molecule has 3 aromatic rings. The summed E-state index contributed by atoms with van der Waals surface area (Å²) in [7, 11) is -2.75. The molecule has 0 fully saturated rings. The van der Waals surface area contributed by atoms with Crippen molar-refractivity contribution in [3.63, 3.8) is 0 Å². The minimum atomic E-state index is -4.01. The first-order chi connectivity index (χ1) is 15.4. The zero-order valence-electron chi connectivity index (χ0n) is 17.0. The van der Waals surface area contributed by atoms with Gasteiger partial charge in [0, 0.05) is 11.1 Å². The van der Waals surface area contributed by atoms with Crippen LogP contribution in [0.2, 0.25) is 0 Å². The quantitative estimate of drug-likeness (QED) is 0.598. The molecular weight excluding hydrogens is 428 g/mol. The standard InChI is InChI=1S/C24H18N2O5S/c1-31-24(28)19-13-7-8-14-20(19)25-22-15-21(17-11-5-6-12-18(17)23(22)27)26-32(29,30)16-9-3-2-4-10-16/h2-15,25H,1H3/b26-21-. The van der Waals surface area contributed by atoms with Crippen LogP contribution in [0, 0.1) is 0 Å². The average Bonchev–Trinajstić information content (AvgIpc) is 2.82. The Hall–Kier alpha value is -4.04. The maximum Gasteiger partial charge on any atom is 0.339 e. The van der Waals surface area contributed by atoms with Gasteiger partial charge in [-0.1, -0.05) is 54.6 Å². The third-order valence-corrected chi connectivity index (χ3v) is 6.14. The maximum atomic E-state index is 13.1. The van der Waals surface area contributed by atoms with Crippen LogP contribution in [0.5, 0.6) is 0 Å². The van der Waals surface area contributed by atoms with Gasteiger partial charge in [0.15, 0.2) is 0 Å². The number of carbonyl (C=O) groups is 2. The predicted octanol–water partition coefficient (Wildman–Crippen LogP) is 3.84. The van der Waals surface area contributed by atoms with E-state index >= 15 is 0 Å². The number of nitrogens with zero attached hydrogens (tertiary/aromatic N) is 1. The molecule has 1 N–H and O–H groups in total. The number of nitrogens with one attached hydrogen (secondary N) is 1. The molecule has 8 heteroatoms. The highest BCUT2D eigenvalue weighted by Gasteiger charge is 2.27. The number of hydrogen-bond donors (Lipinski definition) is 1. The van der Waals surface area contributed by atoms with Crippen LogP contribution in [-0.4, -0.2) is 33.0 Å². The van der Waals surface area contributed by atoms with E-state index in [1.54, 1.807) is 66.7 Å². The Labute approximate surface area is 185 Å². The minimum Gasteiger partial charge on any atom is -0.465 e. The Balaban J connectivity index is 1.82. The number of methoxy groups -OCH3 is 1. The molecule has 0 heterocycles. The van der Waals surface area contributed by atoms with E-state index in [1.165, 1.54) is 25.3 Å². The summed E-state index contributed by atoms with van der Waals surface area (Å²) in [6, 6.07) is 21.0. The molecule has 0 saturated heterocycles. The van der Waals surface area contributed by atoms with Gasteiger partial charge in [-0.05, 0) is 30.3 Å². The molecule has 0 saturated carbocycles. The Morgan fingerprint density at radius 2 is 1.50 bits per heavy atom. The van der Waals surface area contributed by atoms with Crippen LogP contribution in [0.1, 0.15) is 26.3 Å². The normalized spacial score (nSPS) is 14.5. The molecule has 0 aromatic heterocycles. The summed E-state index contributed by atoms with van der Waals surface area (Å²) in [5.74, 6) is -0.922. The first-order valence-electron chi connectivity index (χ1n) is 9.61. The van der Waals surface area contributed by atoms with E-state index in [1.807, 2.05) is 0 Å². The van der Waals surface area contributed by atoms with E-state index in [9.17, 15) is 18.0 Å². The number of Topliss-reactive ketones (excluding diaryl/α,β-unsaturated/α-hetero) is 1. The van der Waals surface area contributed by atoms with Crippen molar-refractivity contribution in [1.29, 1.82) is 0 Å². The van der Waals surface area contributed by atoms with Gasteiger partial charge in [-0.3, -0.25) is 4.79 Å². The second-order valence-electron chi connectivity index (χ2n) is 6.86. The van der Waals surface area contributed by atoms with Crippen molar-refractivity contribution in [3.8, 4) is 0 Å². The van der Waals surface area contributed by atoms with Crippen LogP contribution in [0.3, 0.4) is 0 Å². The summed E-state index contributed by atoms with van der Waals surface area (Å²) in [5.41, 5.74) is 1.49. The molecular formula is C24H18N2O5S. The Bertz CT molecular complexity index is 1380. The number of benzene rings is 3. The van der Waals surface area contributed by atoms with Crippen molar-refractivity contribution >= 4 is 33.2 Å². The van der Waals surface area contributed by atoms with Crippen molar-refractivity contribution in [2.75, 3.05) is 12.4 Å². The smallest absolute Gasteiger partial charge is 0.339 e. The minimum absolute atomic E-state index is 0.0424. The number of rotatable bonds is 5. The van der Waals surface area contributed by atoms with Crippen molar-refractivity contribution in [3.05, 3.63) is 107 Å². The van der Waals surface area contributed by atoms with E-state index in [0.29, 0.717) is 16.8 Å². The maximum absolute atomic E-state index is 13.1. The molecule has 32 heavy (non-hydrogen) atoms. The molecule has 7 nitrogen and oxygen atoms in total. The molecule has 0 bridgehead atoms. The second-order valence-corrected chi connectivity index (χ2v) is 8.46. The van der Waals surface area contributed by atoms with Gasteiger partial charge < -0.3 is 10.1 Å². The van der Waals surface area contributed by atoms with Crippen LogP contribution in [0.4, 0.5) is 5.69 Å². The van der Waals surface area contributed by atoms with Crippen LogP contribution < -0.4 is 5.32 Å². The van der Waals surface area contributed by atoms with Gasteiger partial charge in [-0.25, -0.2) is 4.79 Å². The average molecular weight is 446 g/mol. The third-order valence-electron chi connectivity index (χ3n) is 4.83. The fraction of sp³-hybridized carbons (Fsp3) is 0.0417. The SMILES string of the molecule is COC(=O)c1ccccc1NC1=C/C(=N/S(=O)(=O)c2ccccc2)c2ccccc2C1=O. The molecule has 1 aliphatic carbocycles. The molecule has 0 atom stereocenters. The van der Waals surface area contributed by atoms with Gasteiger partial charge in [0.25, 0.3) is 10.0 Å². The molecule has 0 unspecified atom stereocenters. The van der Waals surface area contributed by atoms with E-state index in [4.69, 9.17) is 4.74 Å². The lowest BCUT2D eigenvalue weighted by atomic mass is 9.92. The molecule has 3 aromatic carbocycles. The van der Waals surface area contributed by atoms with Crippen molar-refractivity contribution < 1.29 is 22.7 Å². The van der Waals surface area contributed by atoms with Crippen molar-refractivity contribution in [1.82, 2.24) is 0 Å². The molecule has 0 aliphatic heterocycles. The molecule has 4 rings (SSSR count). The summed E-state index contributed by atoms with van der Waals surface area (Å²) in [5, 5.41) is 2.95. The first kappa shape index (κ1) is 21.2. The number of sulfonamides is 1. The van der Waals surface area contributed by atoms with Crippen LogP contribution in [0.25, 0.3) is 0 Å². The van der Waals surface area contributed by atoms with Crippen LogP contribution in [0.15, 0.2) is 99.9 Å². The van der Waals surface area contributed by atoms with Gasteiger partial charge in [0.2, 0.25) is 5.78 Å². The molecule has 1 aliphatic rings. The Morgan fingerprint density at radius 3 is 2.22 bits per heavy atom. The van der Waals surface area contributed by atoms with Gasteiger partial charge in [0.05, 0.1) is 34.7 Å². The number of fused-ring (bicyclic) bond motifs is 1. The van der Waals surface area contributed by atoms with Gasteiger partial charge in [0.1, 0.15) is 0 Å². The largest absolute Gasteiger partial charge is 0.465 e. The van der Waals surface area contributed by atoms with Crippen molar-refractivity contribution in [2.24, 2.45) is 4.40 Å². The molecule has 0 amide bonds. The molecule has 0 spiro atoms. The highest BCUT2D eigenvalue weighted by Crippen LogP contribution is 2.26. The van der Waals surface area contributed by atoms with Crippen LogP contribution >= 0.6 is 0 Å². The van der Waals surface area contributed by atoms with E-state index < -0.39 is 16.0 Å². The summed E-state index contributed by atoms with van der Waals surface area (Å²) in [4.78, 5) is 25.2. The van der Waals surface area contributed by atoms with Gasteiger partial charge >= 0.3 is 5.97 Å². The monoisotopic (exact) mass is 446 g/mol.